The molecule has 1 rings (SSSR count). The molecule has 0 aliphatic heterocycles. The van der Waals surface area contributed by atoms with Gasteiger partial charge < -0.3 is 18.9 Å². The highest BCUT2D eigenvalue weighted by Gasteiger charge is 2.16. The summed E-state index contributed by atoms with van der Waals surface area (Å²) < 4.78 is 23.6. The molecule has 0 atom stereocenters. The van der Waals surface area contributed by atoms with Gasteiger partial charge in [0.05, 0.1) is 32.0 Å². The first-order valence-electron chi connectivity index (χ1n) is 13.6. The molecular weight excluding hydrogens is 428 g/mol. The van der Waals surface area contributed by atoms with Crippen LogP contribution in [0.15, 0.2) is 18.2 Å². The number of hydrogen-bond acceptors (Lipinski definition) is 5. The van der Waals surface area contributed by atoms with E-state index in [0.717, 1.165) is 44.1 Å². The predicted octanol–water partition coefficient (Wildman–Crippen LogP) is 8.14. The van der Waals surface area contributed by atoms with E-state index in [1.807, 2.05) is 12.1 Å². The maximum Gasteiger partial charge on any atom is 0.330 e. The zero-order chi connectivity index (χ0) is 24.9. The molecule has 5 nitrogen and oxygen atoms in total. The number of rotatable bonds is 21. The Bertz CT molecular complexity index is 683. The fourth-order valence-electron chi connectivity index (χ4n) is 3.57. The van der Waals surface area contributed by atoms with Gasteiger partial charge in [0.25, 0.3) is 0 Å². The zero-order valence-corrected chi connectivity index (χ0v) is 22.2. The molecule has 0 fully saturated rings. The number of carbonyl (C=O) groups is 1. The monoisotopic (exact) mass is 476 g/mol. The Hall–Kier alpha value is -2.17. The first-order chi connectivity index (χ1) is 16.7. The molecule has 0 bridgehead atoms. The molecule has 1 aromatic rings. The summed E-state index contributed by atoms with van der Waals surface area (Å²) in [4.78, 5) is 12.0. The van der Waals surface area contributed by atoms with E-state index in [4.69, 9.17) is 18.9 Å². The van der Waals surface area contributed by atoms with Crippen LogP contribution < -0.4 is 14.2 Å². The molecule has 0 unspecified atom stereocenters. The summed E-state index contributed by atoms with van der Waals surface area (Å²) in [6.45, 7) is 10.6. The number of ether oxygens (including phenoxy) is 4. The largest absolute Gasteiger partial charge is 0.493 e. The van der Waals surface area contributed by atoms with E-state index in [9.17, 15) is 4.79 Å². The summed E-state index contributed by atoms with van der Waals surface area (Å²) in [7, 11) is 0. The van der Waals surface area contributed by atoms with Crippen LogP contribution in [0.2, 0.25) is 0 Å². The van der Waals surface area contributed by atoms with Crippen molar-refractivity contribution in [2.45, 2.75) is 105 Å². The van der Waals surface area contributed by atoms with Crippen LogP contribution in [-0.2, 0) is 9.53 Å². The minimum Gasteiger partial charge on any atom is -0.493 e. The van der Waals surface area contributed by atoms with Gasteiger partial charge in [-0.15, -0.1) is 0 Å². The molecule has 0 spiro atoms. The number of unbranched alkanes of at least 4 members (excludes halogenated alkanes) is 9. The van der Waals surface area contributed by atoms with E-state index >= 15 is 0 Å². The van der Waals surface area contributed by atoms with Crippen molar-refractivity contribution in [3.8, 4) is 17.2 Å². The zero-order valence-electron chi connectivity index (χ0n) is 22.2. The van der Waals surface area contributed by atoms with Gasteiger partial charge in [-0.3, -0.25) is 0 Å². The summed E-state index contributed by atoms with van der Waals surface area (Å²) in [5.41, 5.74) is 0.741. The fraction of sp³-hybridized carbons (Fsp3) is 0.690. The number of benzene rings is 1. The highest BCUT2D eigenvalue weighted by molar-refractivity contribution is 5.88. The Morgan fingerprint density at radius 2 is 1.18 bits per heavy atom. The SMILES string of the molecule is CCCCCCOc1ccc(OCCCCCC)c(OCCCCCC)c1C=CC(=O)OCC. The third kappa shape index (κ3) is 12.9. The normalized spacial score (nSPS) is 11.1. The molecule has 0 heterocycles. The third-order valence-electron chi connectivity index (χ3n) is 5.55. The Kier molecular flexibility index (Phi) is 17.8. The van der Waals surface area contributed by atoms with Crippen molar-refractivity contribution in [3.63, 3.8) is 0 Å². The minimum atomic E-state index is -0.379. The third-order valence-corrected chi connectivity index (χ3v) is 5.55. The van der Waals surface area contributed by atoms with E-state index < -0.39 is 0 Å². The van der Waals surface area contributed by atoms with Crippen LogP contribution in [0.5, 0.6) is 17.2 Å². The summed E-state index contributed by atoms with van der Waals surface area (Å²) in [6.07, 6.45) is 16.8. The number of hydrogen-bond donors (Lipinski definition) is 0. The van der Waals surface area contributed by atoms with Gasteiger partial charge in [0, 0.05) is 6.08 Å². The molecule has 34 heavy (non-hydrogen) atoms. The summed E-state index contributed by atoms with van der Waals surface area (Å²) >= 11 is 0. The van der Waals surface area contributed by atoms with Crippen LogP contribution in [0.1, 0.15) is 110 Å². The van der Waals surface area contributed by atoms with Crippen molar-refractivity contribution < 1.29 is 23.7 Å². The molecular formula is C29H48O5. The average molecular weight is 477 g/mol. The first kappa shape index (κ1) is 29.9. The summed E-state index contributed by atoms with van der Waals surface area (Å²) in [6, 6.07) is 3.86. The van der Waals surface area contributed by atoms with Gasteiger partial charge in [-0.1, -0.05) is 78.6 Å². The minimum absolute atomic E-state index is 0.339. The molecule has 0 saturated heterocycles. The molecule has 0 amide bonds. The van der Waals surface area contributed by atoms with Gasteiger partial charge >= 0.3 is 5.97 Å². The van der Waals surface area contributed by atoms with Crippen LogP contribution in [0.4, 0.5) is 0 Å². The average Bonchev–Trinajstić information content (AvgIpc) is 2.83. The van der Waals surface area contributed by atoms with Crippen molar-refractivity contribution in [2.75, 3.05) is 26.4 Å². The van der Waals surface area contributed by atoms with Gasteiger partial charge in [0.2, 0.25) is 0 Å². The lowest BCUT2D eigenvalue weighted by Crippen LogP contribution is -2.07. The predicted molar refractivity (Wildman–Crippen MR) is 141 cm³/mol. The van der Waals surface area contributed by atoms with Crippen molar-refractivity contribution in [2.24, 2.45) is 0 Å². The Balaban J connectivity index is 3.11. The molecule has 0 aliphatic rings. The Morgan fingerprint density at radius 3 is 1.71 bits per heavy atom. The molecule has 0 aromatic heterocycles. The van der Waals surface area contributed by atoms with Gasteiger partial charge in [0.15, 0.2) is 11.5 Å². The quantitative estimate of drug-likeness (QED) is 0.102. The van der Waals surface area contributed by atoms with Gasteiger partial charge in [-0.2, -0.15) is 0 Å². The summed E-state index contributed by atoms with van der Waals surface area (Å²) in [5, 5.41) is 0. The Labute approximate surface area is 208 Å². The highest BCUT2D eigenvalue weighted by atomic mass is 16.5. The topological polar surface area (TPSA) is 54.0 Å². The summed E-state index contributed by atoms with van der Waals surface area (Å²) in [5.74, 6) is 1.68. The van der Waals surface area contributed by atoms with Crippen LogP contribution in [-0.4, -0.2) is 32.4 Å². The van der Waals surface area contributed by atoms with Gasteiger partial charge in [0.1, 0.15) is 5.75 Å². The second-order valence-electron chi connectivity index (χ2n) is 8.62. The van der Waals surface area contributed by atoms with Crippen LogP contribution in [0, 0.1) is 0 Å². The lowest BCUT2D eigenvalue weighted by molar-refractivity contribution is -0.137. The second kappa shape index (κ2) is 20.2. The number of carbonyl (C=O) groups excluding carboxylic acids is 1. The first-order valence-corrected chi connectivity index (χ1v) is 13.6. The van der Waals surface area contributed by atoms with E-state index in [0.29, 0.717) is 43.7 Å². The Morgan fingerprint density at radius 1 is 0.676 bits per heavy atom. The standard InChI is InChI=1S/C29H48O5/c1-5-9-12-15-22-32-26-19-20-27(33-23-16-13-10-6-2)29(34-24-17-14-11-7-3)25(26)18-21-28(30)31-8-4/h18-21H,5-17,22-24H2,1-4H3. The highest BCUT2D eigenvalue weighted by Crippen LogP contribution is 2.39. The molecule has 194 valence electrons. The van der Waals surface area contributed by atoms with Crippen molar-refractivity contribution in [3.05, 3.63) is 23.8 Å². The maximum atomic E-state index is 12.0. The lowest BCUT2D eigenvalue weighted by atomic mass is 10.1. The lowest BCUT2D eigenvalue weighted by Gasteiger charge is -2.18. The molecule has 0 aliphatic carbocycles. The maximum absolute atomic E-state index is 12.0. The number of esters is 1. The van der Waals surface area contributed by atoms with E-state index in [-0.39, 0.29) is 5.97 Å². The van der Waals surface area contributed by atoms with Crippen molar-refractivity contribution in [1.29, 1.82) is 0 Å². The van der Waals surface area contributed by atoms with Crippen molar-refractivity contribution in [1.82, 2.24) is 0 Å². The second-order valence-corrected chi connectivity index (χ2v) is 8.62. The van der Waals surface area contributed by atoms with E-state index in [1.54, 1.807) is 13.0 Å². The van der Waals surface area contributed by atoms with Crippen LogP contribution in [0.3, 0.4) is 0 Å². The molecule has 0 N–H and O–H groups in total. The van der Waals surface area contributed by atoms with E-state index in [1.165, 1.54) is 44.6 Å². The van der Waals surface area contributed by atoms with Crippen LogP contribution >= 0.6 is 0 Å². The van der Waals surface area contributed by atoms with E-state index in [2.05, 4.69) is 20.8 Å². The van der Waals surface area contributed by atoms with Crippen molar-refractivity contribution >= 4 is 12.0 Å². The molecule has 1 aromatic carbocycles. The smallest absolute Gasteiger partial charge is 0.330 e. The fourth-order valence-corrected chi connectivity index (χ4v) is 3.57. The van der Waals surface area contributed by atoms with Gasteiger partial charge in [-0.05, 0) is 44.4 Å². The molecule has 5 heteroatoms. The van der Waals surface area contributed by atoms with Crippen LogP contribution in [0.25, 0.3) is 6.08 Å². The van der Waals surface area contributed by atoms with Gasteiger partial charge in [-0.25, -0.2) is 4.79 Å². The molecule has 0 saturated carbocycles. The molecule has 0 radical (unpaired) electrons.